The first-order chi connectivity index (χ1) is 16.5. The molecule has 2 aromatic carbocycles. The third-order valence-corrected chi connectivity index (χ3v) is 6.22. The summed E-state index contributed by atoms with van der Waals surface area (Å²) in [6.45, 7) is 4.13. The fraction of sp³-hybridized carbons (Fsp3) is 0.154. The third kappa shape index (κ3) is 3.26. The predicted molar refractivity (Wildman–Crippen MR) is 127 cm³/mol. The number of halogens is 1. The lowest BCUT2D eigenvalue weighted by atomic mass is 9.70. The molecule has 1 aliphatic rings. The number of aromatic amines is 1. The van der Waals surface area contributed by atoms with E-state index in [-0.39, 0.29) is 11.7 Å². The van der Waals surface area contributed by atoms with Crippen LogP contribution in [0, 0.1) is 5.82 Å². The molecule has 0 radical (unpaired) electrons. The number of rotatable bonds is 4. The summed E-state index contributed by atoms with van der Waals surface area (Å²) in [6.07, 6.45) is 3.23. The molecule has 5 aromatic rings. The summed E-state index contributed by atoms with van der Waals surface area (Å²) in [7, 11) is 0. The minimum absolute atomic E-state index is 0.185. The highest BCUT2D eigenvalue weighted by Crippen LogP contribution is 2.52. The SMILES string of the molecule is CC(C)(c1nc2nccnc2[nH]1)C1c2ccc(Nc3ccccc3)nc2Oc2c(F)cccc21. The van der Waals surface area contributed by atoms with Gasteiger partial charge in [-0.1, -0.05) is 44.2 Å². The minimum Gasteiger partial charge on any atom is -0.435 e. The van der Waals surface area contributed by atoms with Gasteiger partial charge in [0.05, 0.1) is 0 Å². The molecule has 0 aliphatic carbocycles. The molecule has 0 spiro atoms. The number of ether oxygens (including phenoxy) is 1. The van der Waals surface area contributed by atoms with Crippen LogP contribution in [0.4, 0.5) is 15.9 Å². The Labute approximate surface area is 195 Å². The number of imidazole rings is 1. The van der Waals surface area contributed by atoms with Crippen molar-refractivity contribution in [3.05, 3.63) is 95.8 Å². The number of nitrogens with zero attached hydrogens (tertiary/aromatic N) is 4. The smallest absolute Gasteiger partial charge is 0.225 e. The van der Waals surface area contributed by atoms with Gasteiger partial charge < -0.3 is 15.0 Å². The van der Waals surface area contributed by atoms with E-state index in [9.17, 15) is 4.39 Å². The van der Waals surface area contributed by atoms with Gasteiger partial charge in [-0.05, 0) is 30.3 Å². The van der Waals surface area contributed by atoms with E-state index in [1.165, 1.54) is 6.07 Å². The van der Waals surface area contributed by atoms with E-state index in [4.69, 9.17) is 14.7 Å². The van der Waals surface area contributed by atoms with Crippen molar-refractivity contribution >= 4 is 22.8 Å². The number of para-hydroxylation sites is 2. The van der Waals surface area contributed by atoms with Crippen LogP contribution in [0.2, 0.25) is 0 Å². The molecule has 0 saturated heterocycles. The maximum atomic E-state index is 14.9. The van der Waals surface area contributed by atoms with Gasteiger partial charge in [-0.2, -0.15) is 4.98 Å². The highest BCUT2D eigenvalue weighted by atomic mass is 19.1. The van der Waals surface area contributed by atoms with Gasteiger partial charge in [0.15, 0.2) is 22.9 Å². The van der Waals surface area contributed by atoms with Crippen LogP contribution in [0.5, 0.6) is 11.6 Å². The summed E-state index contributed by atoms with van der Waals surface area (Å²) >= 11 is 0. The van der Waals surface area contributed by atoms with Gasteiger partial charge in [-0.3, -0.25) is 0 Å². The van der Waals surface area contributed by atoms with Crippen molar-refractivity contribution in [3.8, 4) is 11.6 Å². The molecular weight excluding hydrogens is 431 g/mol. The number of H-pyrrole nitrogens is 1. The number of hydrogen-bond donors (Lipinski definition) is 2. The van der Waals surface area contributed by atoms with Crippen LogP contribution in [0.25, 0.3) is 11.3 Å². The zero-order valence-electron chi connectivity index (χ0n) is 18.6. The Morgan fingerprint density at radius 3 is 2.56 bits per heavy atom. The van der Waals surface area contributed by atoms with Gasteiger partial charge in [0, 0.05) is 40.5 Å². The van der Waals surface area contributed by atoms with Gasteiger partial charge >= 0.3 is 0 Å². The number of hydrogen-bond acceptors (Lipinski definition) is 6. The van der Waals surface area contributed by atoms with Crippen LogP contribution in [0.1, 0.15) is 36.7 Å². The molecule has 1 aliphatic heterocycles. The molecule has 168 valence electrons. The maximum absolute atomic E-state index is 14.9. The third-order valence-electron chi connectivity index (χ3n) is 6.22. The molecule has 4 heterocycles. The average molecular weight is 452 g/mol. The molecule has 0 fully saturated rings. The Balaban J connectivity index is 1.49. The van der Waals surface area contributed by atoms with Crippen LogP contribution >= 0.6 is 0 Å². The second-order valence-electron chi connectivity index (χ2n) is 8.81. The first-order valence-electron chi connectivity index (χ1n) is 11.0. The van der Waals surface area contributed by atoms with E-state index in [0.717, 1.165) is 16.8 Å². The van der Waals surface area contributed by atoms with Gasteiger partial charge in [-0.25, -0.2) is 19.3 Å². The van der Waals surface area contributed by atoms with Gasteiger partial charge in [0.2, 0.25) is 5.88 Å². The van der Waals surface area contributed by atoms with E-state index >= 15 is 0 Å². The highest BCUT2D eigenvalue weighted by molar-refractivity contribution is 5.66. The van der Waals surface area contributed by atoms with Crippen molar-refractivity contribution in [3.63, 3.8) is 0 Å². The van der Waals surface area contributed by atoms with Crippen LogP contribution in [0.3, 0.4) is 0 Å². The zero-order valence-corrected chi connectivity index (χ0v) is 18.6. The average Bonchev–Trinajstić information content (AvgIpc) is 3.29. The monoisotopic (exact) mass is 452 g/mol. The quantitative estimate of drug-likeness (QED) is 0.356. The minimum atomic E-state index is -0.584. The first-order valence-corrected chi connectivity index (χ1v) is 11.0. The summed E-state index contributed by atoms with van der Waals surface area (Å²) < 4.78 is 21.0. The second kappa shape index (κ2) is 7.62. The molecule has 7 nitrogen and oxygen atoms in total. The Hall–Kier alpha value is -4.33. The summed E-state index contributed by atoms with van der Waals surface area (Å²) in [5, 5.41) is 3.28. The lowest BCUT2D eigenvalue weighted by molar-refractivity contribution is 0.353. The lowest BCUT2D eigenvalue weighted by Gasteiger charge is -2.37. The summed E-state index contributed by atoms with van der Waals surface area (Å²) in [5.41, 5.74) is 3.05. The van der Waals surface area contributed by atoms with Crippen molar-refractivity contribution in [2.75, 3.05) is 5.32 Å². The highest BCUT2D eigenvalue weighted by Gasteiger charge is 2.43. The molecule has 1 unspecified atom stereocenters. The summed E-state index contributed by atoms with van der Waals surface area (Å²) in [6, 6.07) is 18.6. The molecular formula is C26H21FN6O. The van der Waals surface area contributed by atoms with E-state index in [1.807, 2.05) is 48.5 Å². The molecule has 0 amide bonds. The van der Waals surface area contributed by atoms with E-state index in [1.54, 1.807) is 18.5 Å². The van der Waals surface area contributed by atoms with Gasteiger partial charge in [0.1, 0.15) is 11.6 Å². The van der Waals surface area contributed by atoms with Crippen molar-refractivity contribution in [1.29, 1.82) is 0 Å². The number of anilines is 2. The Morgan fingerprint density at radius 1 is 0.912 bits per heavy atom. The molecule has 2 N–H and O–H groups in total. The van der Waals surface area contributed by atoms with Gasteiger partial charge in [-0.15, -0.1) is 0 Å². The molecule has 8 heteroatoms. The maximum Gasteiger partial charge on any atom is 0.225 e. The normalized spacial score (nSPS) is 14.9. The van der Waals surface area contributed by atoms with Crippen molar-refractivity contribution in [2.24, 2.45) is 0 Å². The predicted octanol–water partition coefficient (Wildman–Crippen LogP) is 5.85. The van der Waals surface area contributed by atoms with Crippen LogP contribution in [-0.2, 0) is 5.41 Å². The second-order valence-corrected chi connectivity index (χ2v) is 8.81. The fourth-order valence-electron chi connectivity index (χ4n) is 4.58. The standard InChI is InChI=1S/C26H21FN6O/c1-26(2,25-32-22-23(33-25)29-14-13-28-22)20-16-9-6-10-18(27)21(16)34-24-17(20)11-12-19(31-24)30-15-7-4-3-5-8-15/h3-14,20H,1-2H3,(H,30,31)(H,28,29,32,33). The molecule has 34 heavy (non-hydrogen) atoms. The first kappa shape index (κ1) is 20.3. The Bertz CT molecular complexity index is 1480. The number of fused-ring (bicyclic) bond motifs is 3. The van der Waals surface area contributed by atoms with Crippen LogP contribution in [0.15, 0.2) is 73.1 Å². The van der Waals surface area contributed by atoms with E-state index in [0.29, 0.717) is 28.8 Å². The lowest BCUT2D eigenvalue weighted by Crippen LogP contribution is -2.32. The molecule has 1 atom stereocenters. The molecule has 3 aromatic heterocycles. The number of nitrogens with one attached hydrogen (secondary N) is 2. The summed E-state index contributed by atoms with van der Waals surface area (Å²) in [4.78, 5) is 21.3. The van der Waals surface area contributed by atoms with E-state index in [2.05, 4.69) is 34.1 Å². The Morgan fingerprint density at radius 2 is 1.74 bits per heavy atom. The largest absolute Gasteiger partial charge is 0.435 e. The fourth-order valence-corrected chi connectivity index (χ4v) is 4.58. The number of pyridine rings is 1. The van der Waals surface area contributed by atoms with Gasteiger partial charge in [0.25, 0.3) is 0 Å². The van der Waals surface area contributed by atoms with Crippen molar-refractivity contribution in [2.45, 2.75) is 25.2 Å². The zero-order chi connectivity index (χ0) is 23.3. The molecule has 6 rings (SSSR count). The van der Waals surface area contributed by atoms with Crippen LogP contribution in [-0.4, -0.2) is 24.9 Å². The molecule has 0 saturated carbocycles. The van der Waals surface area contributed by atoms with E-state index < -0.39 is 11.2 Å². The topological polar surface area (TPSA) is 88.6 Å². The summed E-state index contributed by atoms with van der Waals surface area (Å²) in [5.74, 6) is 1.15. The molecule has 0 bridgehead atoms. The Kier molecular flexibility index (Phi) is 4.55. The number of benzene rings is 2. The van der Waals surface area contributed by atoms with Crippen LogP contribution < -0.4 is 10.1 Å². The van der Waals surface area contributed by atoms with Crippen molar-refractivity contribution in [1.82, 2.24) is 24.9 Å². The van der Waals surface area contributed by atoms with Crippen molar-refractivity contribution < 1.29 is 9.13 Å². The number of aromatic nitrogens is 5.